The summed E-state index contributed by atoms with van der Waals surface area (Å²) in [5.41, 5.74) is 2.42. The molecule has 2 aromatic rings. The van der Waals surface area contributed by atoms with Gasteiger partial charge in [-0.25, -0.2) is 0 Å². The highest BCUT2D eigenvalue weighted by molar-refractivity contribution is 6.34. The first-order chi connectivity index (χ1) is 9.70. The average molecular weight is 289 g/mol. The molecule has 0 aromatic heterocycles. The van der Waals surface area contributed by atoms with Crippen molar-refractivity contribution in [3.63, 3.8) is 0 Å². The molecule has 2 rings (SSSR count). The maximum atomic E-state index is 12.1. The number of halogens is 1. The molecule has 3 nitrogen and oxygen atoms in total. The maximum Gasteiger partial charge on any atom is 0.257 e. The molecule has 0 saturated heterocycles. The first kappa shape index (κ1) is 14.6. The number of nitrogens with one attached hydrogen (secondary N) is 2. The van der Waals surface area contributed by atoms with Gasteiger partial charge in [0.05, 0.1) is 10.6 Å². The van der Waals surface area contributed by atoms with E-state index in [1.807, 2.05) is 24.3 Å². The van der Waals surface area contributed by atoms with Gasteiger partial charge in [-0.15, -0.1) is 0 Å². The van der Waals surface area contributed by atoms with Crippen molar-refractivity contribution in [2.24, 2.45) is 0 Å². The fraction of sp³-hybridized carbons (Fsp3) is 0.188. The number of amides is 1. The summed E-state index contributed by atoms with van der Waals surface area (Å²) in [5, 5.41) is 6.54. The zero-order valence-corrected chi connectivity index (χ0v) is 12.1. The van der Waals surface area contributed by atoms with Gasteiger partial charge in [-0.2, -0.15) is 0 Å². The smallest absolute Gasteiger partial charge is 0.257 e. The summed E-state index contributed by atoms with van der Waals surface area (Å²) in [5.74, 6) is -0.199. The van der Waals surface area contributed by atoms with Gasteiger partial charge in [-0.05, 0) is 36.4 Å². The first-order valence-electron chi connectivity index (χ1n) is 6.56. The molecule has 0 atom stereocenters. The van der Waals surface area contributed by atoms with Crippen molar-refractivity contribution in [1.29, 1.82) is 0 Å². The summed E-state index contributed by atoms with van der Waals surface area (Å²) in [6, 6.07) is 14.8. The van der Waals surface area contributed by atoms with E-state index in [1.54, 1.807) is 24.3 Å². The molecule has 104 valence electrons. The molecule has 0 bridgehead atoms. The van der Waals surface area contributed by atoms with Crippen LogP contribution in [0.15, 0.2) is 48.5 Å². The Morgan fingerprint density at radius 3 is 2.45 bits per heavy atom. The van der Waals surface area contributed by atoms with Gasteiger partial charge in [-0.3, -0.25) is 4.79 Å². The fourth-order valence-corrected chi connectivity index (χ4v) is 2.04. The minimum atomic E-state index is -0.199. The minimum Gasteiger partial charge on any atom is -0.322 e. The van der Waals surface area contributed by atoms with Crippen molar-refractivity contribution in [2.45, 2.75) is 13.5 Å². The quantitative estimate of drug-likeness (QED) is 0.881. The lowest BCUT2D eigenvalue weighted by Gasteiger charge is -2.08. The lowest BCUT2D eigenvalue weighted by atomic mass is 10.2. The van der Waals surface area contributed by atoms with Gasteiger partial charge in [-0.1, -0.05) is 42.8 Å². The Balaban J connectivity index is 2.03. The van der Waals surface area contributed by atoms with Crippen LogP contribution in [-0.4, -0.2) is 12.5 Å². The zero-order chi connectivity index (χ0) is 14.4. The molecule has 20 heavy (non-hydrogen) atoms. The van der Waals surface area contributed by atoms with Crippen molar-refractivity contribution >= 4 is 23.2 Å². The summed E-state index contributed by atoms with van der Waals surface area (Å²) in [4.78, 5) is 12.1. The van der Waals surface area contributed by atoms with Crippen molar-refractivity contribution < 1.29 is 4.79 Å². The van der Waals surface area contributed by atoms with Gasteiger partial charge >= 0.3 is 0 Å². The zero-order valence-electron chi connectivity index (χ0n) is 11.3. The fourth-order valence-electron chi connectivity index (χ4n) is 1.82. The number of carbonyl (C=O) groups excluding carboxylic acids is 1. The van der Waals surface area contributed by atoms with E-state index < -0.39 is 0 Å². The van der Waals surface area contributed by atoms with Gasteiger partial charge in [0.1, 0.15) is 0 Å². The van der Waals surface area contributed by atoms with Crippen LogP contribution in [0.2, 0.25) is 5.02 Å². The van der Waals surface area contributed by atoms with Crippen LogP contribution in [0.25, 0.3) is 0 Å². The molecule has 0 radical (unpaired) electrons. The van der Waals surface area contributed by atoms with E-state index in [2.05, 4.69) is 17.6 Å². The van der Waals surface area contributed by atoms with Crippen molar-refractivity contribution in [2.75, 3.05) is 11.9 Å². The van der Waals surface area contributed by atoms with E-state index in [4.69, 9.17) is 11.6 Å². The van der Waals surface area contributed by atoms with Gasteiger partial charge in [0.15, 0.2) is 0 Å². The lowest BCUT2D eigenvalue weighted by Crippen LogP contribution is -2.13. The largest absolute Gasteiger partial charge is 0.322 e. The third-order valence-electron chi connectivity index (χ3n) is 2.91. The highest BCUT2D eigenvalue weighted by Gasteiger charge is 2.09. The first-order valence-corrected chi connectivity index (χ1v) is 6.94. The monoisotopic (exact) mass is 288 g/mol. The molecule has 0 saturated carbocycles. The third-order valence-corrected chi connectivity index (χ3v) is 3.24. The number of rotatable bonds is 5. The Kier molecular flexibility index (Phi) is 5.16. The normalized spacial score (nSPS) is 10.3. The second-order valence-corrected chi connectivity index (χ2v) is 4.82. The number of hydrogen-bond acceptors (Lipinski definition) is 2. The number of anilines is 1. The molecule has 0 heterocycles. The third kappa shape index (κ3) is 3.83. The van der Waals surface area contributed by atoms with E-state index >= 15 is 0 Å². The molecule has 0 fully saturated rings. The van der Waals surface area contributed by atoms with Crippen LogP contribution in [-0.2, 0) is 6.54 Å². The van der Waals surface area contributed by atoms with Gasteiger partial charge in [0.25, 0.3) is 5.91 Å². The van der Waals surface area contributed by atoms with E-state index in [9.17, 15) is 4.79 Å². The number of hydrogen-bond donors (Lipinski definition) is 2. The van der Waals surface area contributed by atoms with Crippen LogP contribution in [0.3, 0.4) is 0 Å². The predicted octanol–water partition coefficient (Wildman–Crippen LogP) is 3.70. The molecule has 1 amide bonds. The Bertz CT molecular complexity index is 581. The van der Waals surface area contributed by atoms with Gasteiger partial charge in [0.2, 0.25) is 0 Å². The lowest BCUT2D eigenvalue weighted by molar-refractivity contribution is 0.102. The van der Waals surface area contributed by atoms with Crippen molar-refractivity contribution in [1.82, 2.24) is 5.32 Å². The molecule has 0 unspecified atom stereocenters. The average Bonchev–Trinajstić information content (AvgIpc) is 2.47. The highest BCUT2D eigenvalue weighted by atomic mass is 35.5. The number of carbonyl (C=O) groups is 1. The summed E-state index contributed by atoms with van der Waals surface area (Å²) in [6.07, 6.45) is 0. The topological polar surface area (TPSA) is 41.1 Å². The van der Waals surface area contributed by atoms with Crippen LogP contribution < -0.4 is 10.6 Å². The molecular weight excluding hydrogens is 272 g/mol. The Morgan fingerprint density at radius 2 is 1.80 bits per heavy atom. The maximum absolute atomic E-state index is 12.1. The Labute approximate surface area is 124 Å². The SMILES string of the molecule is CCNCc1ccc(NC(=O)c2ccccc2Cl)cc1. The van der Waals surface area contributed by atoms with Crippen LogP contribution in [0.5, 0.6) is 0 Å². The summed E-state index contributed by atoms with van der Waals surface area (Å²) in [7, 11) is 0. The molecule has 0 aliphatic carbocycles. The second-order valence-electron chi connectivity index (χ2n) is 4.41. The van der Waals surface area contributed by atoms with E-state index in [1.165, 1.54) is 5.56 Å². The molecule has 4 heteroatoms. The summed E-state index contributed by atoms with van der Waals surface area (Å²) < 4.78 is 0. The van der Waals surface area contributed by atoms with Crippen LogP contribution in [0.1, 0.15) is 22.8 Å². The van der Waals surface area contributed by atoms with Gasteiger partial charge < -0.3 is 10.6 Å². The van der Waals surface area contributed by atoms with Crippen LogP contribution >= 0.6 is 11.6 Å². The van der Waals surface area contributed by atoms with Crippen molar-refractivity contribution in [3.8, 4) is 0 Å². The molecule has 2 aromatic carbocycles. The van der Waals surface area contributed by atoms with E-state index in [0.717, 1.165) is 18.8 Å². The standard InChI is InChI=1S/C16H17ClN2O/c1-2-18-11-12-7-9-13(10-8-12)19-16(20)14-5-3-4-6-15(14)17/h3-10,18H,2,11H2,1H3,(H,19,20). The van der Waals surface area contributed by atoms with Gasteiger partial charge in [0, 0.05) is 12.2 Å². The Hall–Kier alpha value is -1.84. The molecule has 0 aliphatic rings. The molecule has 2 N–H and O–H groups in total. The summed E-state index contributed by atoms with van der Waals surface area (Å²) in [6.45, 7) is 3.83. The second kappa shape index (κ2) is 7.08. The number of benzene rings is 2. The molecule has 0 spiro atoms. The molecular formula is C16H17ClN2O. The van der Waals surface area contributed by atoms with E-state index in [0.29, 0.717) is 10.6 Å². The predicted molar refractivity (Wildman–Crippen MR) is 83.2 cm³/mol. The highest BCUT2D eigenvalue weighted by Crippen LogP contribution is 2.17. The summed E-state index contributed by atoms with van der Waals surface area (Å²) >= 11 is 6.00. The van der Waals surface area contributed by atoms with Crippen LogP contribution in [0, 0.1) is 0 Å². The minimum absolute atomic E-state index is 0.199. The van der Waals surface area contributed by atoms with E-state index in [-0.39, 0.29) is 5.91 Å². The molecule has 0 aliphatic heterocycles. The Morgan fingerprint density at radius 1 is 1.10 bits per heavy atom. The van der Waals surface area contributed by atoms with Crippen molar-refractivity contribution in [3.05, 3.63) is 64.7 Å². The van der Waals surface area contributed by atoms with Crippen LogP contribution in [0.4, 0.5) is 5.69 Å².